The van der Waals surface area contributed by atoms with Gasteiger partial charge in [0.05, 0.1) is 4.90 Å². The van der Waals surface area contributed by atoms with Gasteiger partial charge in [-0.25, -0.2) is 8.42 Å². The predicted octanol–water partition coefficient (Wildman–Crippen LogP) is 2.20. The highest BCUT2D eigenvalue weighted by atomic mass is 32.2. The largest absolute Gasteiger partial charge is 0.312 e. The number of hydrogen-bond acceptors (Lipinski definition) is 4. The summed E-state index contributed by atoms with van der Waals surface area (Å²) in [6.07, 6.45) is 5.82. The Labute approximate surface area is 119 Å². The summed E-state index contributed by atoms with van der Waals surface area (Å²) < 4.78 is 26.4. The van der Waals surface area contributed by atoms with Crippen LogP contribution in [-0.2, 0) is 16.6 Å². The van der Waals surface area contributed by atoms with Gasteiger partial charge in [0.25, 0.3) is 0 Å². The van der Waals surface area contributed by atoms with E-state index in [0.29, 0.717) is 18.0 Å². The molecule has 1 aromatic rings. The fourth-order valence-electron chi connectivity index (χ4n) is 1.96. The molecule has 0 saturated heterocycles. The first-order valence-electron chi connectivity index (χ1n) is 6.58. The second-order valence-corrected chi connectivity index (χ2v) is 7.48. The van der Waals surface area contributed by atoms with Crippen molar-refractivity contribution in [3.63, 3.8) is 0 Å². The molecule has 0 amide bonds. The normalized spacial score (nSPS) is 16.9. The van der Waals surface area contributed by atoms with Gasteiger partial charge in [-0.2, -0.15) is 4.31 Å². The van der Waals surface area contributed by atoms with E-state index in [-0.39, 0.29) is 0 Å². The van der Waals surface area contributed by atoms with E-state index >= 15 is 0 Å². The molecule has 0 saturated carbocycles. The van der Waals surface area contributed by atoms with Crippen LogP contribution in [-0.4, -0.2) is 32.4 Å². The molecule has 1 aliphatic rings. The van der Waals surface area contributed by atoms with Gasteiger partial charge in [-0.05, 0) is 25.5 Å². The van der Waals surface area contributed by atoms with E-state index in [1.54, 1.807) is 11.4 Å². The van der Waals surface area contributed by atoms with E-state index in [1.165, 1.54) is 15.6 Å². The minimum atomic E-state index is -3.31. The Kier molecular flexibility index (Phi) is 5.15. The minimum absolute atomic E-state index is 0.432. The van der Waals surface area contributed by atoms with E-state index in [4.69, 9.17) is 0 Å². The maximum absolute atomic E-state index is 12.4. The molecule has 0 radical (unpaired) electrons. The topological polar surface area (TPSA) is 49.4 Å². The standard InChI is InChI=1S/C13H20N2O2S2/c1-2-6-14-10-12-9-13(11-18-12)19(16,17)15-7-4-3-5-8-15/h3-4,9,11,14H,2,5-8,10H2,1H3. The Morgan fingerprint density at radius 2 is 2.26 bits per heavy atom. The highest BCUT2D eigenvalue weighted by Gasteiger charge is 2.25. The van der Waals surface area contributed by atoms with Crippen molar-refractivity contribution in [1.29, 1.82) is 0 Å². The monoisotopic (exact) mass is 300 g/mol. The summed E-state index contributed by atoms with van der Waals surface area (Å²) in [4.78, 5) is 1.50. The smallest absolute Gasteiger partial charge is 0.244 e. The zero-order chi connectivity index (χ0) is 13.7. The first-order chi connectivity index (χ1) is 9.14. The van der Waals surface area contributed by atoms with Crippen molar-refractivity contribution in [3.05, 3.63) is 28.5 Å². The Hall–Kier alpha value is -0.690. The first-order valence-corrected chi connectivity index (χ1v) is 8.90. The number of thiophene rings is 1. The molecule has 0 fully saturated rings. The average Bonchev–Trinajstić information content (AvgIpc) is 2.90. The van der Waals surface area contributed by atoms with Gasteiger partial charge in [0, 0.05) is 29.9 Å². The van der Waals surface area contributed by atoms with E-state index in [0.717, 1.165) is 30.8 Å². The molecular formula is C13H20N2O2S2. The van der Waals surface area contributed by atoms with E-state index < -0.39 is 10.0 Å². The Balaban J connectivity index is 2.06. The van der Waals surface area contributed by atoms with Crippen LogP contribution >= 0.6 is 11.3 Å². The van der Waals surface area contributed by atoms with Crippen LogP contribution in [0.1, 0.15) is 24.6 Å². The number of hydrogen-bond donors (Lipinski definition) is 1. The summed E-state index contributed by atoms with van der Waals surface area (Å²) in [5.41, 5.74) is 0. The summed E-state index contributed by atoms with van der Waals surface area (Å²) in [5.74, 6) is 0. The first kappa shape index (κ1) is 14.7. The maximum Gasteiger partial charge on any atom is 0.244 e. The van der Waals surface area contributed by atoms with Gasteiger partial charge in [-0.3, -0.25) is 0 Å². The molecule has 1 N–H and O–H groups in total. The molecule has 19 heavy (non-hydrogen) atoms. The van der Waals surface area contributed by atoms with Gasteiger partial charge in [0.2, 0.25) is 10.0 Å². The lowest BCUT2D eigenvalue weighted by Gasteiger charge is -2.21. The van der Waals surface area contributed by atoms with Crippen molar-refractivity contribution in [2.24, 2.45) is 0 Å². The molecule has 4 nitrogen and oxygen atoms in total. The number of nitrogens with one attached hydrogen (secondary N) is 1. The lowest BCUT2D eigenvalue weighted by molar-refractivity contribution is 0.438. The molecule has 0 bridgehead atoms. The Bertz CT molecular complexity index is 535. The summed E-state index contributed by atoms with van der Waals surface area (Å²) in [6, 6.07) is 1.79. The molecule has 0 aromatic carbocycles. The quantitative estimate of drug-likeness (QED) is 0.647. The fraction of sp³-hybridized carbons (Fsp3) is 0.538. The molecule has 0 aliphatic carbocycles. The number of rotatable bonds is 6. The van der Waals surface area contributed by atoms with Crippen molar-refractivity contribution in [3.8, 4) is 0 Å². The van der Waals surface area contributed by atoms with Crippen LogP contribution in [0.3, 0.4) is 0 Å². The van der Waals surface area contributed by atoms with Crippen molar-refractivity contribution in [1.82, 2.24) is 9.62 Å². The molecule has 0 unspecified atom stereocenters. The van der Waals surface area contributed by atoms with Crippen LogP contribution < -0.4 is 5.32 Å². The molecule has 6 heteroatoms. The Morgan fingerprint density at radius 1 is 1.42 bits per heavy atom. The van der Waals surface area contributed by atoms with Crippen molar-refractivity contribution in [2.75, 3.05) is 19.6 Å². The molecule has 2 heterocycles. The SMILES string of the molecule is CCCNCc1cc(S(=O)(=O)N2CC=CCC2)cs1. The van der Waals surface area contributed by atoms with Crippen molar-refractivity contribution in [2.45, 2.75) is 31.2 Å². The van der Waals surface area contributed by atoms with Crippen LogP contribution in [0, 0.1) is 0 Å². The highest BCUT2D eigenvalue weighted by molar-refractivity contribution is 7.89. The predicted molar refractivity (Wildman–Crippen MR) is 78.8 cm³/mol. The third kappa shape index (κ3) is 3.66. The summed E-state index contributed by atoms with van der Waals surface area (Å²) >= 11 is 1.50. The van der Waals surface area contributed by atoms with Gasteiger partial charge in [-0.1, -0.05) is 19.1 Å². The van der Waals surface area contributed by atoms with Gasteiger partial charge in [-0.15, -0.1) is 11.3 Å². The molecule has 106 valence electrons. The second kappa shape index (κ2) is 6.65. The van der Waals surface area contributed by atoms with Crippen LogP contribution in [0.15, 0.2) is 28.5 Å². The lowest BCUT2D eigenvalue weighted by atomic mass is 10.3. The van der Waals surface area contributed by atoms with Crippen LogP contribution in [0.2, 0.25) is 0 Å². The molecule has 0 spiro atoms. The van der Waals surface area contributed by atoms with Gasteiger partial charge < -0.3 is 5.32 Å². The zero-order valence-corrected chi connectivity index (χ0v) is 12.8. The maximum atomic E-state index is 12.4. The van der Waals surface area contributed by atoms with Crippen molar-refractivity contribution >= 4 is 21.4 Å². The summed E-state index contributed by atoms with van der Waals surface area (Å²) in [7, 11) is -3.31. The second-order valence-electron chi connectivity index (χ2n) is 4.55. The lowest BCUT2D eigenvalue weighted by Crippen LogP contribution is -2.33. The Morgan fingerprint density at radius 3 is 2.95 bits per heavy atom. The molecule has 2 rings (SSSR count). The molecular weight excluding hydrogens is 280 g/mol. The van der Waals surface area contributed by atoms with Crippen LogP contribution in [0.5, 0.6) is 0 Å². The van der Waals surface area contributed by atoms with Gasteiger partial charge >= 0.3 is 0 Å². The zero-order valence-electron chi connectivity index (χ0n) is 11.1. The van der Waals surface area contributed by atoms with Crippen molar-refractivity contribution < 1.29 is 8.42 Å². The third-order valence-corrected chi connectivity index (χ3v) is 5.94. The summed E-state index contributed by atoms with van der Waals surface area (Å²) in [6.45, 7) is 4.88. The molecule has 1 aromatic heterocycles. The van der Waals surface area contributed by atoms with E-state index in [1.807, 2.05) is 12.2 Å². The minimum Gasteiger partial charge on any atom is -0.312 e. The van der Waals surface area contributed by atoms with E-state index in [9.17, 15) is 8.42 Å². The van der Waals surface area contributed by atoms with Crippen LogP contribution in [0.4, 0.5) is 0 Å². The third-order valence-electron chi connectivity index (χ3n) is 3.01. The van der Waals surface area contributed by atoms with Gasteiger partial charge in [0.1, 0.15) is 0 Å². The summed E-state index contributed by atoms with van der Waals surface area (Å²) in [5, 5.41) is 5.03. The number of sulfonamides is 1. The molecule has 1 aliphatic heterocycles. The fourth-order valence-corrected chi connectivity index (χ4v) is 4.60. The number of nitrogens with zero attached hydrogens (tertiary/aromatic N) is 1. The average molecular weight is 300 g/mol. The molecule has 0 atom stereocenters. The van der Waals surface area contributed by atoms with E-state index in [2.05, 4.69) is 12.2 Å². The van der Waals surface area contributed by atoms with Gasteiger partial charge in [0.15, 0.2) is 0 Å². The van der Waals surface area contributed by atoms with Crippen LogP contribution in [0.25, 0.3) is 0 Å². The highest BCUT2D eigenvalue weighted by Crippen LogP contribution is 2.23.